The quantitative estimate of drug-likeness (QED) is 0.0191. The zero-order valence-electron chi connectivity index (χ0n) is 58.0. The number of amides is 3. The molecule has 6 aliphatic rings. The van der Waals surface area contributed by atoms with Gasteiger partial charge in [0.05, 0.1) is 0 Å². The molecule has 6 bridgehead atoms. The summed E-state index contributed by atoms with van der Waals surface area (Å²) in [6.45, 7) is 18.3. The first kappa shape index (κ1) is 74.0. The van der Waals surface area contributed by atoms with Crippen molar-refractivity contribution in [2.45, 2.75) is 278 Å². The number of benzene rings is 3. The topological polar surface area (TPSA) is 168 Å². The molecule has 0 N–H and O–H groups in total. The Bertz CT molecular complexity index is 2640. The Morgan fingerprint density at radius 3 is 0.978 bits per heavy atom. The third-order valence-corrected chi connectivity index (χ3v) is 20.9. The highest BCUT2D eigenvalue weighted by Gasteiger charge is 2.54. The number of carbonyl (C=O) groups excluding carboxylic acids is 6. The number of allylic oxidation sites excluding steroid dienone is 2. The van der Waals surface area contributed by atoms with Crippen molar-refractivity contribution in [2.24, 2.45) is 35.5 Å². The summed E-state index contributed by atoms with van der Waals surface area (Å²) in [5, 5.41) is 0. The fourth-order valence-electron chi connectivity index (χ4n) is 16.8. The molecule has 3 amide bonds. The first-order valence-electron chi connectivity index (χ1n) is 36.4. The standard InChI is InChI=1S/C36H57NO4.2C21H29NO4/c1-4-6-7-8-9-10-11-12-13-14-15-16-17-18-22-25-33(38)40-29(3)41-36(39)37(5-2)35-32-27-26-31(28-32)34(35)30-23-20-19-21-24-30;2*1-4-18(23)25-14(3)26-21(24)22(5-2)20-17-12-11-16(13-17)19(20)15-9-7-6-8-10-15/h12-13,19-21,23-24,29,31-32,34-35H,4-11,14-18,22,25-28H2,1-3H3;2*6-10,14,16-17,19-20H,4-5,11-13H2,1-3H3/b13-12-;;. The van der Waals surface area contributed by atoms with Crippen molar-refractivity contribution in [3.05, 3.63) is 120 Å². The molecule has 6 aliphatic carbocycles. The summed E-state index contributed by atoms with van der Waals surface area (Å²) < 4.78 is 32.1. The lowest BCUT2D eigenvalue weighted by Crippen LogP contribution is -2.47. The van der Waals surface area contributed by atoms with Gasteiger partial charge in [-0.3, -0.25) is 14.4 Å². The number of esters is 3. The van der Waals surface area contributed by atoms with Crippen LogP contribution in [0.15, 0.2) is 103 Å². The summed E-state index contributed by atoms with van der Waals surface area (Å²) in [6.07, 6.45) is 28.5. The van der Waals surface area contributed by atoms with E-state index in [1.54, 1.807) is 34.6 Å². The molecule has 0 radical (unpaired) electrons. The zero-order chi connectivity index (χ0) is 66.7. The van der Waals surface area contributed by atoms with Crippen LogP contribution in [0.25, 0.3) is 0 Å². The highest BCUT2D eigenvalue weighted by atomic mass is 16.7. The Kier molecular flexibility index (Phi) is 30.9. The van der Waals surface area contributed by atoms with Crippen LogP contribution in [-0.2, 0) is 42.8 Å². The van der Waals surface area contributed by atoms with Gasteiger partial charge in [0, 0.05) is 95.5 Å². The SMILES string of the molecule is CCC(=O)OC(C)OC(=O)N(CC)C1C2CCC(C2)C1c1ccccc1.CCC(=O)OC(C)OC(=O)N(CC)C1C2CCC(C2)C1c1ccccc1.CCCCCCCC/C=C\CCCCCCCC(=O)OC(C)OC(=O)N(CC)C1C2CCC(C2)C1c1ccccc1. The molecule has 15 unspecified atom stereocenters. The Hall–Kier alpha value is -6.38. The van der Waals surface area contributed by atoms with Gasteiger partial charge in [-0.05, 0) is 163 Å². The molecule has 514 valence electrons. The third kappa shape index (κ3) is 21.3. The van der Waals surface area contributed by atoms with Gasteiger partial charge in [0.25, 0.3) is 0 Å². The minimum absolute atomic E-state index is 0.146. The van der Waals surface area contributed by atoms with Gasteiger partial charge in [-0.1, -0.05) is 175 Å². The van der Waals surface area contributed by atoms with E-state index in [2.05, 4.69) is 91.9 Å². The van der Waals surface area contributed by atoms with Gasteiger partial charge >= 0.3 is 36.2 Å². The van der Waals surface area contributed by atoms with E-state index in [9.17, 15) is 28.8 Å². The lowest BCUT2D eigenvalue weighted by Gasteiger charge is -2.39. The van der Waals surface area contributed by atoms with E-state index in [4.69, 9.17) is 28.4 Å². The van der Waals surface area contributed by atoms with E-state index in [1.807, 2.05) is 53.7 Å². The largest absolute Gasteiger partial charge is 0.425 e. The fraction of sp³-hybridized carbons (Fsp3) is 0.667. The summed E-state index contributed by atoms with van der Waals surface area (Å²) in [4.78, 5) is 79.6. The van der Waals surface area contributed by atoms with E-state index in [0.29, 0.717) is 79.3 Å². The van der Waals surface area contributed by atoms with E-state index in [1.165, 1.54) is 132 Å². The molecule has 15 nitrogen and oxygen atoms in total. The van der Waals surface area contributed by atoms with Crippen molar-refractivity contribution in [3.63, 3.8) is 0 Å². The smallest absolute Gasteiger partial charge is 0.413 e. The van der Waals surface area contributed by atoms with Crippen molar-refractivity contribution in [1.29, 1.82) is 0 Å². The van der Waals surface area contributed by atoms with Crippen LogP contribution in [0.1, 0.15) is 257 Å². The first-order chi connectivity index (χ1) is 45.1. The summed E-state index contributed by atoms with van der Waals surface area (Å²) in [7, 11) is 0. The van der Waals surface area contributed by atoms with Crippen molar-refractivity contribution in [1.82, 2.24) is 14.7 Å². The second-order valence-electron chi connectivity index (χ2n) is 27.0. The highest BCUT2D eigenvalue weighted by Crippen LogP contribution is 2.57. The minimum Gasteiger partial charge on any atom is -0.425 e. The van der Waals surface area contributed by atoms with Gasteiger partial charge < -0.3 is 43.1 Å². The van der Waals surface area contributed by atoms with Crippen LogP contribution in [0, 0.1) is 35.5 Å². The van der Waals surface area contributed by atoms with Crippen LogP contribution in [0.5, 0.6) is 0 Å². The lowest BCUT2D eigenvalue weighted by atomic mass is 9.79. The maximum absolute atomic E-state index is 13.2. The fourth-order valence-corrected chi connectivity index (χ4v) is 16.8. The average molecular weight is 1290 g/mol. The number of nitrogens with zero attached hydrogens (tertiary/aromatic N) is 3. The summed E-state index contributed by atoms with van der Waals surface area (Å²) in [5.41, 5.74) is 3.93. The Morgan fingerprint density at radius 2 is 0.667 bits per heavy atom. The predicted molar refractivity (Wildman–Crippen MR) is 365 cm³/mol. The first-order valence-corrected chi connectivity index (χ1v) is 36.4. The van der Waals surface area contributed by atoms with Crippen molar-refractivity contribution in [3.8, 4) is 0 Å². The minimum atomic E-state index is -0.874. The highest BCUT2D eigenvalue weighted by molar-refractivity contribution is 5.72. The summed E-state index contributed by atoms with van der Waals surface area (Å²) in [5.74, 6) is 3.48. The van der Waals surface area contributed by atoms with E-state index < -0.39 is 18.9 Å². The van der Waals surface area contributed by atoms with Gasteiger partial charge in [-0.25, -0.2) is 14.4 Å². The maximum atomic E-state index is 13.2. The monoisotopic (exact) mass is 1290 g/mol. The van der Waals surface area contributed by atoms with Crippen LogP contribution in [0.4, 0.5) is 14.4 Å². The van der Waals surface area contributed by atoms with Crippen LogP contribution in [0.3, 0.4) is 0 Å². The molecule has 15 heteroatoms. The molecular formula is C78H115N3O12. The molecule has 0 saturated heterocycles. The molecule has 3 aromatic rings. The number of hydrogen-bond donors (Lipinski definition) is 0. The summed E-state index contributed by atoms with van der Waals surface area (Å²) in [6, 6.07) is 32.1. The second-order valence-corrected chi connectivity index (χ2v) is 27.0. The average Bonchev–Trinajstić information content (AvgIpc) is 1.65. The Balaban J connectivity index is 0.000000206. The number of carbonyl (C=O) groups is 6. The molecule has 0 aliphatic heterocycles. The molecule has 6 fully saturated rings. The second kappa shape index (κ2) is 38.9. The maximum Gasteiger partial charge on any atom is 0.413 e. The third-order valence-electron chi connectivity index (χ3n) is 20.9. The molecule has 93 heavy (non-hydrogen) atoms. The molecule has 0 spiro atoms. The number of ether oxygens (including phenoxy) is 6. The van der Waals surface area contributed by atoms with E-state index in [-0.39, 0.29) is 67.2 Å². The van der Waals surface area contributed by atoms with Crippen molar-refractivity contribution in [2.75, 3.05) is 19.6 Å². The lowest BCUT2D eigenvalue weighted by molar-refractivity contribution is -0.167. The van der Waals surface area contributed by atoms with Gasteiger partial charge in [-0.15, -0.1) is 0 Å². The molecule has 3 aromatic carbocycles. The van der Waals surface area contributed by atoms with Crippen LogP contribution < -0.4 is 0 Å². The van der Waals surface area contributed by atoms with Gasteiger partial charge in [0.1, 0.15) is 0 Å². The number of unbranched alkanes of at least 4 members (excludes halogenated alkanes) is 11. The number of rotatable bonds is 32. The van der Waals surface area contributed by atoms with Gasteiger partial charge in [-0.2, -0.15) is 0 Å². The molecule has 6 saturated carbocycles. The number of likely N-dealkylation sites (N-methyl/N-ethyl adjacent to an activating group) is 3. The van der Waals surface area contributed by atoms with E-state index >= 15 is 0 Å². The Morgan fingerprint density at radius 1 is 0.376 bits per heavy atom. The van der Waals surface area contributed by atoms with Gasteiger partial charge in [0.15, 0.2) is 0 Å². The van der Waals surface area contributed by atoms with Crippen molar-refractivity contribution < 1.29 is 57.2 Å². The molecular weight excluding hydrogens is 1170 g/mol. The van der Waals surface area contributed by atoms with E-state index in [0.717, 1.165) is 25.7 Å². The Labute approximate surface area is 558 Å². The molecule has 0 aromatic heterocycles. The normalized spacial score (nSPS) is 25.3. The molecule has 9 rings (SSSR count). The molecule has 15 atom stereocenters. The predicted octanol–water partition coefficient (Wildman–Crippen LogP) is 18.6. The van der Waals surface area contributed by atoms with Crippen LogP contribution in [0.2, 0.25) is 0 Å². The zero-order valence-corrected chi connectivity index (χ0v) is 58.0. The van der Waals surface area contributed by atoms with Crippen molar-refractivity contribution >= 4 is 36.2 Å². The van der Waals surface area contributed by atoms with Gasteiger partial charge in [0.2, 0.25) is 18.9 Å². The number of hydrogen-bond acceptors (Lipinski definition) is 12. The molecule has 0 heterocycles. The summed E-state index contributed by atoms with van der Waals surface area (Å²) >= 11 is 0. The number of fused-ring (bicyclic) bond motifs is 6. The van der Waals surface area contributed by atoms with Crippen LogP contribution >= 0.6 is 0 Å². The van der Waals surface area contributed by atoms with Crippen LogP contribution in [-0.4, -0.2) is 108 Å².